The number of aliphatic carboxylic acids is 1. The van der Waals surface area contributed by atoms with Crippen LogP contribution in [0.5, 0.6) is 11.5 Å². The predicted octanol–water partition coefficient (Wildman–Crippen LogP) is 4.22. The van der Waals surface area contributed by atoms with Crippen molar-refractivity contribution in [2.24, 2.45) is 0 Å². The van der Waals surface area contributed by atoms with Crippen LogP contribution in [0.4, 0.5) is 4.79 Å². The van der Waals surface area contributed by atoms with Crippen molar-refractivity contribution in [2.45, 2.75) is 57.9 Å². The lowest BCUT2D eigenvalue weighted by Crippen LogP contribution is -2.53. The van der Waals surface area contributed by atoms with Gasteiger partial charge >= 0.3 is 12.1 Å². The van der Waals surface area contributed by atoms with E-state index in [2.05, 4.69) is 10.6 Å². The van der Waals surface area contributed by atoms with E-state index in [0.717, 1.165) is 5.56 Å². The molecule has 0 aromatic heterocycles. The molecule has 4 N–H and O–H groups in total. The number of phenols is 1. The van der Waals surface area contributed by atoms with Gasteiger partial charge in [0.25, 0.3) is 0 Å². The topological polar surface area (TPSA) is 134 Å². The summed E-state index contributed by atoms with van der Waals surface area (Å²) in [4.78, 5) is 37.6. The van der Waals surface area contributed by atoms with Gasteiger partial charge < -0.3 is 30.3 Å². The third-order valence-corrected chi connectivity index (χ3v) is 5.61. The molecule has 3 aromatic rings. The molecule has 206 valence electrons. The Morgan fingerprint density at radius 1 is 0.769 bits per heavy atom. The number of carbonyl (C=O) groups is 3. The Kier molecular flexibility index (Phi) is 9.92. The molecule has 2 amide bonds. The van der Waals surface area contributed by atoms with Gasteiger partial charge in [0, 0.05) is 12.8 Å². The maximum Gasteiger partial charge on any atom is 0.408 e. The molecule has 9 nitrogen and oxygen atoms in total. The zero-order chi connectivity index (χ0) is 28.4. The Morgan fingerprint density at radius 2 is 1.33 bits per heavy atom. The van der Waals surface area contributed by atoms with Gasteiger partial charge in [0.05, 0.1) is 0 Å². The van der Waals surface area contributed by atoms with Crippen LogP contribution >= 0.6 is 0 Å². The second-order valence-corrected chi connectivity index (χ2v) is 10.1. The Bertz CT molecular complexity index is 1240. The van der Waals surface area contributed by atoms with E-state index in [1.807, 2.05) is 30.3 Å². The molecule has 39 heavy (non-hydrogen) atoms. The minimum absolute atomic E-state index is 0.0262. The number of carboxylic acids is 1. The third kappa shape index (κ3) is 10.0. The number of carboxylic acid groups (broad SMARTS) is 1. The summed E-state index contributed by atoms with van der Waals surface area (Å²) >= 11 is 0. The summed E-state index contributed by atoms with van der Waals surface area (Å²) in [6, 6.07) is 20.5. The summed E-state index contributed by atoms with van der Waals surface area (Å²) in [6.07, 6.45) is -0.719. The molecule has 0 radical (unpaired) electrons. The van der Waals surface area contributed by atoms with Crippen LogP contribution in [0.2, 0.25) is 0 Å². The van der Waals surface area contributed by atoms with Crippen LogP contribution < -0.4 is 15.4 Å². The highest BCUT2D eigenvalue weighted by Crippen LogP contribution is 2.16. The number of carbonyl (C=O) groups excluding carboxylic acids is 2. The minimum atomic E-state index is -1.24. The lowest BCUT2D eigenvalue weighted by molar-refractivity contribution is -0.142. The molecule has 2 atom stereocenters. The van der Waals surface area contributed by atoms with Gasteiger partial charge in [-0.15, -0.1) is 0 Å². The first-order chi connectivity index (χ1) is 18.5. The fourth-order valence-corrected chi connectivity index (χ4v) is 3.70. The van der Waals surface area contributed by atoms with E-state index in [1.54, 1.807) is 57.2 Å². The molecule has 9 heteroatoms. The van der Waals surface area contributed by atoms with E-state index in [4.69, 9.17) is 9.47 Å². The van der Waals surface area contributed by atoms with Gasteiger partial charge in [-0.3, -0.25) is 4.79 Å². The third-order valence-electron chi connectivity index (χ3n) is 5.61. The van der Waals surface area contributed by atoms with Crippen molar-refractivity contribution >= 4 is 18.0 Å². The van der Waals surface area contributed by atoms with E-state index < -0.39 is 35.7 Å². The quantitative estimate of drug-likeness (QED) is 0.289. The van der Waals surface area contributed by atoms with Crippen molar-refractivity contribution in [3.05, 3.63) is 95.6 Å². The summed E-state index contributed by atoms with van der Waals surface area (Å²) in [7, 11) is 0. The van der Waals surface area contributed by atoms with Crippen molar-refractivity contribution in [2.75, 3.05) is 0 Å². The lowest BCUT2D eigenvalue weighted by Gasteiger charge is -2.24. The van der Waals surface area contributed by atoms with E-state index in [1.165, 1.54) is 12.1 Å². The number of rotatable bonds is 11. The first-order valence-corrected chi connectivity index (χ1v) is 12.5. The summed E-state index contributed by atoms with van der Waals surface area (Å²) in [5.41, 5.74) is 1.58. The number of aromatic hydroxyl groups is 1. The molecule has 0 aliphatic carbocycles. The van der Waals surface area contributed by atoms with E-state index in [-0.39, 0.29) is 18.6 Å². The van der Waals surface area contributed by atoms with Crippen LogP contribution in [0.15, 0.2) is 78.9 Å². The average molecular weight is 535 g/mol. The standard InChI is InChI=1S/C30H34N2O7/c1-30(2,3)39-29(37)32-25(17-20-9-13-23(33)14-10-20)27(34)31-26(28(35)36)18-21-11-15-24(16-12-21)38-19-22-7-5-4-6-8-22/h4-16,25-26,33H,17-19H2,1-3H3,(H,31,34)(H,32,37)(H,35,36)/t25-,26-/m0/s1. The number of alkyl carbamates (subject to hydrolysis) is 1. The Hall–Kier alpha value is -4.53. The Labute approximate surface area is 227 Å². The molecule has 0 aliphatic heterocycles. The smallest absolute Gasteiger partial charge is 0.408 e. The maximum atomic E-state index is 13.2. The molecule has 0 saturated heterocycles. The first kappa shape index (κ1) is 29.0. The number of hydrogen-bond acceptors (Lipinski definition) is 6. The average Bonchev–Trinajstić information content (AvgIpc) is 2.88. The van der Waals surface area contributed by atoms with Crippen LogP contribution in [-0.2, 0) is 33.8 Å². The van der Waals surface area contributed by atoms with E-state index >= 15 is 0 Å². The van der Waals surface area contributed by atoms with Gasteiger partial charge in [-0.1, -0.05) is 54.6 Å². The fourth-order valence-electron chi connectivity index (χ4n) is 3.70. The second-order valence-electron chi connectivity index (χ2n) is 10.1. The predicted molar refractivity (Wildman–Crippen MR) is 145 cm³/mol. The van der Waals surface area contributed by atoms with E-state index in [0.29, 0.717) is 23.5 Å². The second kappa shape index (κ2) is 13.3. The number of amides is 2. The largest absolute Gasteiger partial charge is 0.508 e. The first-order valence-electron chi connectivity index (χ1n) is 12.5. The molecule has 3 rings (SSSR count). The van der Waals surface area contributed by atoms with Gasteiger partial charge in [-0.2, -0.15) is 0 Å². The number of hydrogen-bond donors (Lipinski definition) is 4. The molecular formula is C30H34N2O7. The monoisotopic (exact) mass is 534 g/mol. The highest BCUT2D eigenvalue weighted by molar-refractivity contribution is 5.89. The van der Waals surface area contributed by atoms with Gasteiger partial charge in [0.2, 0.25) is 5.91 Å². The Morgan fingerprint density at radius 3 is 1.90 bits per heavy atom. The number of ether oxygens (including phenoxy) is 2. The van der Waals surface area contributed by atoms with Crippen LogP contribution in [0.25, 0.3) is 0 Å². The van der Waals surface area contributed by atoms with Crippen molar-refractivity contribution in [1.29, 1.82) is 0 Å². The molecule has 0 bridgehead atoms. The molecule has 0 aliphatic rings. The summed E-state index contributed by atoms with van der Waals surface area (Å²) in [5, 5.41) is 24.4. The van der Waals surface area contributed by atoms with Crippen LogP contribution in [0.1, 0.15) is 37.5 Å². The fraction of sp³-hybridized carbons (Fsp3) is 0.300. The Balaban J connectivity index is 1.66. The van der Waals surface area contributed by atoms with Crippen LogP contribution in [0, 0.1) is 0 Å². The number of phenolic OH excluding ortho intramolecular Hbond substituents is 1. The summed E-state index contributed by atoms with van der Waals surface area (Å²) < 4.78 is 11.1. The highest BCUT2D eigenvalue weighted by atomic mass is 16.6. The van der Waals surface area contributed by atoms with Gasteiger partial charge in [0.15, 0.2) is 0 Å². The van der Waals surface area contributed by atoms with E-state index in [9.17, 15) is 24.6 Å². The summed E-state index contributed by atoms with van der Waals surface area (Å²) in [5.74, 6) is -1.20. The molecule has 0 unspecified atom stereocenters. The van der Waals surface area contributed by atoms with Gasteiger partial charge in [-0.05, 0) is 61.7 Å². The number of nitrogens with one attached hydrogen (secondary N) is 2. The highest BCUT2D eigenvalue weighted by Gasteiger charge is 2.28. The van der Waals surface area contributed by atoms with Gasteiger partial charge in [-0.25, -0.2) is 9.59 Å². The summed E-state index contributed by atoms with van der Waals surface area (Å²) in [6.45, 7) is 5.49. The molecule has 0 spiro atoms. The molecule has 3 aromatic carbocycles. The minimum Gasteiger partial charge on any atom is -0.508 e. The van der Waals surface area contributed by atoms with Crippen molar-refractivity contribution in [3.8, 4) is 11.5 Å². The van der Waals surface area contributed by atoms with Crippen LogP contribution in [0.3, 0.4) is 0 Å². The molecule has 0 saturated carbocycles. The van der Waals surface area contributed by atoms with Crippen molar-refractivity contribution < 1.29 is 34.1 Å². The van der Waals surface area contributed by atoms with Crippen LogP contribution in [-0.4, -0.2) is 45.9 Å². The molecule has 0 fully saturated rings. The zero-order valence-electron chi connectivity index (χ0n) is 22.2. The molecule has 0 heterocycles. The molecular weight excluding hydrogens is 500 g/mol. The normalized spacial score (nSPS) is 12.6. The van der Waals surface area contributed by atoms with Crippen molar-refractivity contribution in [1.82, 2.24) is 10.6 Å². The van der Waals surface area contributed by atoms with Gasteiger partial charge in [0.1, 0.15) is 35.8 Å². The zero-order valence-corrected chi connectivity index (χ0v) is 22.2. The number of benzene rings is 3. The lowest BCUT2D eigenvalue weighted by atomic mass is 10.0. The maximum absolute atomic E-state index is 13.2. The SMILES string of the molecule is CC(C)(C)OC(=O)N[C@@H](Cc1ccc(O)cc1)C(=O)N[C@@H](Cc1ccc(OCc2ccccc2)cc1)C(=O)O. The van der Waals surface area contributed by atoms with Crippen molar-refractivity contribution in [3.63, 3.8) is 0 Å².